The Morgan fingerprint density at radius 3 is 2.74 bits per heavy atom. The second-order valence-corrected chi connectivity index (χ2v) is 9.02. The second-order valence-electron chi connectivity index (χ2n) is 8.58. The molecule has 1 aliphatic rings. The molecule has 1 amide bonds. The molecule has 0 aliphatic heterocycles. The number of benzene rings is 1. The molecule has 1 aliphatic carbocycles. The quantitative estimate of drug-likeness (QED) is 0.420. The summed E-state index contributed by atoms with van der Waals surface area (Å²) in [5.41, 5.74) is 7.19. The molecule has 0 radical (unpaired) electrons. The molecule has 3 aromatic rings. The van der Waals surface area contributed by atoms with Crippen LogP contribution in [0.25, 0.3) is 11.3 Å². The number of pyridine rings is 1. The molecule has 2 heterocycles. The van der Waals surface area contributed by atoms with Crippen molar-refractivity contribution in [3.8, 4) is 17.1 Å². The number of nitrogens with two attached hydrogens (primary N) is 1. The lowest BCUT2D eigenvalue weighted by atomic mass is 10.0. The minimum absolute atomic E-state index is 0.225. The fourth-order valence-electron chi connectivity index (χ4n) is 3.63. The Balaban J connectivity index is 1.65. The smallest absolute Gasteiger partial charge is 0.257 e. The summed E-state index contributed by atoms with van der Waals surface area (Å²) in [6.07, 6.45) is 3.76. The maximum Gasteiger partial charge on any atom is 0.257 e. The normalized spacial score (nSPS) is 14.1. The average molecular weight is 485 g/mol. The Morgan fingerprint density at radius 2 is 2.03 bits per heavy atom. The van der Waals surface area contributed by atoms with E-state index in [1.807, 2.05) is 14.1 Å². The Labute approximate surface area is 202 Å². The third-order valence-corrected chi connectivity index (χ3v) is 5.94. The van der Waals surface area contributed by atoms with E-state index in [4.69, 9.17) is 22.1 Å². The van der Waals surface area contributed by atoms with E-state index in [0.717, 1.165) is 13.0 Å². The summed E-state index contributed by atoms with van der Waals surface area (Å²) in [5, 5.41) is 12.0. The first kappa shape index (κ1) is 23.8. The fraction of sp³-hybridized carbons (Fsp3) is 0.333. The number of halogens is 2. The van der Waals surface area contributed by atoms with Crippen LogP contribution in [0.1, 0.15) is 25.0 Å². The minimum atomic E-state index is -0.714. The third kappa shape index (κ3) is 5.26. The molecule has 34 heavy (non-hydrogen) atoms. The lowest BCUT2D eigenvalue weighted by Gasteiger charge is -2.16. The second kappa shape index (κ2) is 9.90. The highest BCUT2D eigenvalue weighted by Gasteiger charge is 2.51. The molecule has 0 unspecified atom stereocenters. The number of hydrogen-bond donors (Lipinski definition) is 2. The van der Waals surface area contributed by atoms with Crippen LogP contribution in [-0.2, 0) is 10.2 Å². The predicted molar refractivity (Wildman–Crippen MR) is 129 cm³/mol. The number of carbonyl (C=O) groups excluding carboxylic acids is 1. The molecule has 2 aromatic heterocycles. The van der Waals surface area contributed by atoms with E-state index in [0.29, 0.717) is 47.2 Å². The standard InChI is InChI=1S/C24H26ClFN6O2/c1-32(2)10-3-11-34-22-20(14-19(30-31-22)17-12-15(25)4-5-18(17)26)29-16-6-9-28-21(13-16)24(7-8-24)23(27)33/h4-6,9,12-14H,3,7-8,10-11H2,1-2H3,(H2,27,33)(H,28,29,30). The number of carbonyl (C=O) groups is 1. The lowest BCUT2D eigenvalue weighted by Crippen LogP contribution is -2.29. The topological polar surface area (TPSA) is 106 Å². The number of anilines is 2. The first-order valence-corrected chi connectivity index (χ1v) is 11.3. The molecular weight excluding hydrogens is 459 g/mol. The summed E-state index contributed by atoms with van der Waals surface area (Å²) in [6, 6.07) is 9.46. The van der Waals surface area contributed by atoms with Gasteiger partial charge in [0.05, 0.1) is 23.4 Å². The summed E-state index contributed by atoms with van der Waals surface area (Å²) in [5.74, 6) is -0.571. The Morgan fingerprint density at radius 1 is 1.24 bits per heavy atom. The monoisotopic (exact) mass is 484 g/mol. The van der Waals surface area contributed by atoms with Crippen LogP contribution in [0.3, 0.4) is 0 Å². The van der Waals surface area contributed by atoms with E-state index in [-0.39, 0.29) is 17.4 Å². The molecule has 0 atom stereocenters. The van der Waals surface area contributed by atoms with Gasteiger partial charge in [0.15, 0.2) is 0 Å². The van der Waals surface area contributed by atoms with E-state index in [9.17, 15) is 9.18 Å². The van der Waals surface area contributed by atoms with Crippen molar-refractivity contribution in [3.63, 3.8) is 0 Å². The van der Waals surface area contributed by atoms with Gasteiger partial charge in [-0.15, -0.1) is 10.2 Å². The molecule has 3 N–H and O–H groups in total. The van der Waals surface area contributed by atoms with Gasteiger partial charge in [0.25, 0.3) is 5.88 Å². The lowest BCUT2D eigenvalue weighted by molar-refractivity contribution is -0.120. The number of amides is 1. The molecule has 0 saturated heterocycles. The minimum Gasteiger partial charge on any atom is -0.475 e. The maximum absolute atomic E-state index is 14.5. The van der Waals surface area contributed by atoms with Crippen LogP contribution >= 0.6 is 11.6 Å². The number of nitrogens with one attached hydrogen (secondary N) is 1. The van der Waals surface area contributed by atoms with Gasteiger partial charge in [0, 0.05) is 29.0 Å². The third-order valence-electron chi connectivity index (χ3n) is 5.70. The Bertz CT molecular complexity index is 1200. The van der Waals surface area contributed by atoms with Crippen LogP contribution < -0.4 is 15.8 Å². The number of rotatable bonds is 10. The molecule has 4 rings (SSSR count). The van der Waals surface area contributed by atoms with Crippen molar-refractivity contribution in [3.05, 3.63) is 59.1 Å². The van der Waals surface area contributed by atoms with Gasteiger partial charge in [0.2, 0.25) is 5.91 Å². The van der Waals surface area contributed by atoms with Gasteiger partial charge in [-0.2, -0.15) is 0 Å². The summed E-state index contributed by atoms with van der Waals surface area (Å²) in [7, 11) is 3.97. The van der Waals surface area contributed by atoms with Crippen molar-refractivity contribution in [2.75, 3.05) is 32.6 Å². The SMILES string of the molecule is CN(C)CCCOc1nnc(-c2cc(Cl)ccc2F)cc1Nc1ccnc(C2(C(N)=O)CC2)c1. The first-order chi connectivity index (χ1) is 16.3. The van der Waals surface area contributed by atoms with Crippen LogP contribution in [0.4, 0.5) is 15.8 Å². The van der Waals surface area contributed by atoms with E-state index >= 15 is 0 Å². The average Bonchev–Trinajstić information content (AvgIpc) is 3.62. The van der Waals surface area contributed by atoms with E-state index in [1.54, 1.807) is 24.4 Å². The number of nitrogens with zero attached hydrogens (tertiary/aromatic N) is 4. The van der Waals surface area contributed by atoms with Gasteiger partial charge < -0.3 is 20.7 Å². The highest BCUT2D eigenvalue weighted by atomic mass is 35.5. The van der Waals surface area contributed by atoms with E-state index in [2.05, 4.69) is 25.4 Å². The molecule has 1 aromatic carbocycles. The Kier molecular flexibility index (Phi) is 6.95. The number of ether oxygens (including phenoxy) is 1. The molecule has 0 spiro atoms. The van der Waals surface area contributed by atoms with Crippen molar-refractivity contribution in [1.29, 1.82) is 0 Å². The van der Waals surface area contributed by atoms with E-state index in [1.165, 1.54) is 18.2 Å². The van der Waals surface area contributed by atoms with Crippen molar-refractivity contribution in [2.45, 2.75) is 24.7 Å². The van der Waals surface area contributed by atoms with Crippen molar-refractivity contribution in [2.24, 2.45) is 5.73 Å². The molecule has 8 nitrogen and oxygen atoms in total. The molecule has 1 fully saturated rings. The number of aromatic nitrogens is 3. The predicted octanol–water partition coefficient (Wildman–Crippen LogP) is 3.92. The molecular formula is C24H26ClFN6O2. The zero-order chi connectivity index (χ0) is 24.3. The summed E-state index contributed by atoms with van der Waals surface area (Å²) in [4.78, 5) is 18.4. The van der Waals surface area contributed by atoms with Crippen LogP contribution in [0.15, 0.2) is 42.6 Å². The van der Waals surface area contributed by atoms with Gasteiger partial charge in [-0.25, -0.2) is 4.39 Å². The van der Waals surface area contributed by atoms with Gasteiger partial charge in [-0.1, -0.05) is 11.6 Å². The largest absolute Gasteiger partial charge is 0.475 e. The summed E-state index contributed by atoms with van der Waals surface area (Å²) < 4.78 is 20.4. The van der Waals surface area contributed by atoms with Gasteiger partial charge >= 0.3 is 0 Å². The van der Waals surface area contributed by atoms with E-state index < -0.39 is 11.2 Å². The van der Waals surface area contributed by atoms with Gasteiger partial charge in [-0.3, -0.25) is 9.78 Å². The van der Waals surface area contributed by atoms with Gasteiger partial charge in [0.1, 0.15) is 11.5 Å². The summed E-state index contributed by atoms with van der Waals surface area (Å²) in [6.45, 7) is 1.28. The maximum atomic E-state index is 14.5. The molecule has 10 heteroatoms. The molecule has 1 saturated carbocycles. The number of primary amides is 1. The van der Waals surface area contributed by atoms with Crippen molar-refractivity contribution < 1.29 is 13.9 Å². The van der Waals surface area contributed by atoms with Crippen molar-refractivity contribution >= 4 is 28.9 Å². The number of hydrogen-bond acceptors (Lipinski definition) is 7. The first-order valence-electron chi connectivity index (χ1n) is 10.9. The zero-order valence-corrected chi connectivity index (χ0v) is 19.8. The molecule has 178 valence electrons. The van der Waals surface area contributed by atoms with Crippen molar-refractivity contribution in [1.82, 2.24) is 20.1 Å². The van der Waals surface area contributed by atoms with Crippen LogP contribution in [0, 0.1) is 5.82 Å². The fourth-order valence-corrected chi connectivity index (χ4v) is 3.80. The van der Waals surface area contributed by atoms with Crippen LogP contribution in [-0.4, -0.2) is 53.2 Å². The summed E-state index contributed by atoms with van der Waals surface area (Å²) >= 11 is 6.07. The zero-order valence-electron chi connectivity index (χ0n) is 19.0. The van der Waals surface area contributed by atoms with Gasteiger partial charge in [-0.05, 0) is 69.8 Å². The highest BCUT2D eigenvalue weighted by Crippen LogP contribution is 2.47. The Hall–Kier alpha value is -3.30. The van der Waals surface area contributed by atoms with Crippen LogP contribution in [0.5, 0.6) is 5.88 Å². The highest BCUT2D eigenvalue weighted by molar-refractivity contribution is 6.30. The van der Waals surface area contributed by atoms with Crippen LogP contribution in [0.2, 0.25) is 5.02 Å². The molecule has 0 bridgehead atoms.